The van der Waals surface area contributed by atoms with E-state index < -0.39 is 5.82 Å². The Balaban J connectivity index is 1.32. The molecule has 170 valence electrons. The molecule has 3 aromatic rings. The quantitative estimate of drug-likeness (QED) is 0.668. The van der Waals surface area contributed by atoms with E-state index in [1.807, 2.05) is 18.2 Å². The summed E-state index contributed by atoms with van der Waals surface area (Å²) in [6.45, 7) is 2.52. The third-order valence-corrected chi connectivity index (χ3v) is 6.70. The maximum Gasteiger partial charge on any atom is 0.267 e. The summed E-state index contributed by atoms with van der Waals surface area (Å²) in [6, 6.07) is 14.8. The molecule has 0 bridgehead atoms. The Labute approximate surface area is 192 Å². The van der Waals surface area contributed by atoms with Gasteiger partial charge in [0.1, 0.15) is 5.82 Å². The number of rotatable bonds is 4. The predicted octanol–water partition coefficient (Wildman–Crippen LogP) is 3.34. The third kappa shape index (κ3) is 4.40. The molecule has 2 aliphatic rings. The van der Waals surface area contributed by atoms with Crippen LogP contribution in [0.15, 0.2) is 53.3 Å². The van der Waals surface area contributed by atoms with Crippen molar-refractivity contribution in [1.29, 1.82) is 0 Å². The molecule has 0 unspecified atom stereocenters. The number of hydrogen-bond donors (Lipinski definition) is 1. The van der Waals surface area contributed by atoms with Crippen molar-refractivity contribution in [3.63, 3.8) is 0 Å². The first kappa shape index (κ1) is 21.4. The highest BCUT2D eigenvalue weighted by molar-refractivity contribution is 5.95. The average molecular weight is 447 g/mol. The molecule has 1 aromatic heterocycles. The second-order valence-electron chi connectivity index (χ2n) is 8.77. The van der Waals surface area contributed by atoms with E-state index in [9.17, 15) is 14.0 Å². The summed E-state index contributed by atoms with van der Waals surface area (Å²) in [5, 5.41) is 6.89. The molecule has 0 atom stereocenters. The van der Waals surface area contributed by atoms with Crippen LogP contribution in [-0.4, -0.2) is 47.2 Å². The highest BCUT2D eigenvalue weighted by Crippen LogP contribution is 2.24. The first-order valence-corrected chi connectivity index (χ1v) is 11.6. The lowest BCUT2D eigenvalue weighted by Crippen LogP contribution is -2.49. The topological polar surface area (TPSA) is 69.3 Å². The van der Waals surface area contributed by atoms with Gasteiger partial charge in [-0.05, 0) is 61.1 Å². The van der Waals surface area contributed by atoms with Crippen LogP contribution in [0.2, 0.25) is 0 Å². The number of carbonyl (C=O) groups excluding carboxylic acids is 1. The summed E-state index contributed by atoms with van der Waals surface area (Å²) in [5.74, 6) is -0.788. The monoisotopic (exact) mass is 446 g/mol. The summed E-state index contributed by atoms with van der Waals surface area (Å²) >= 11 is 0. The number of nitrogens with one attached hydrogen (secondary N) is 1. The van der Waals surface area contributed by atoms with Gasteiger partial charge in [0.15, 0.2) is 0 Å². The molecule has 1 amide bonds. The summed E-state index contributed by atoms with van der Waals surface area (Å²) in [5.41, 5.74) is 4.58. The van der Waals surface area contributed by atoms with E-state index in [-0.39, 0.29) is 17.0 Å². The Morgan fingerprint density at radius 3 is 2.45 bits per heavy atom. The molecule has 0 radical (unpaired) electrons. The van der Waals surface area contributed by atoms with Gasteiger partial charge < -0.3 is 9.80 Å². The van der Waals surface area contributed by atoms with E-state index in [4.69, 9.17) is 0 Å². The van der Waals surface area contributed by atoms with Crippen molar-refractivity contribution >= 4 is 11.6 Å². The molecule has 7 heteroatoms. The van der Waals surface area contributed by atoms with Gasteiger partial charge in [0.25, 0.3) is 11.5 Å². The number of hydrogen-bond acceptors (Lipinski definition) is 4. The molecular weight excluding hydrogens is 419 g/mol. The van der Waals surface area contributed by atoms with Gasteiger partial charge >= 0.3 is 0 Å². The second-order valence-corrected chi connectivity index (χ2v) is 8.77. The standard InChI is InChI=1S/C26H27FN4O2/c27-23-11-10-18(17-24-20-8-4-5-9-21(20)25(32)29-28-24)16-22(23)26(33)31-14-12-30(13-15-31)19-6-2-1-3-7-19/h1-3,6-7,10-11,16H,4-5,8-9,12-15,17H2,(H,29,32). The van der Waals surface area contributed by atoms with Crippen LogP contribution in [0.25, 0.3) is 0 Å². The van der Waals surface area contributed by atoms with Gasteiger partial charge in [-0.25, -0.2) is 9.49 Å². The Morgan fingerprint density at radius 2 is 1.70 bits per heavy atom. The molecular formula is C26H27FN4O2. The SMILES string of the molecule is O=C(c1cc(Cc2n[nH]c(=O)c3c2CCCC3)ccc1F)N1CCN(c2ccccc2)CC1. The van der Waals surface area contributed by atoms with E-state index >= 15 is 0 Å². The first-order valence-electron chi connectivity index (χ1n) is 11.6. The Kier molecular flexibility index (Phi) is 5.94. The van der Waals surface area contributed by atoms with Crippen molar-refractivity contribution in [3.05, 3.63) is 92.6 Å². The molecule has 1 N–H and O–H groups in total. The number of anilines is 1. The van der Waals surface area contributed by atoms with Crippen molar-refractivity contribution in [2.24, 2.45) is 0 Å². The lowest BCUT2D eigenvalue weighted by molar-refractivity contribution is 0.0742. The predicted molar refractivity (Wildman–Crippen MR) is 125 cm³/mol. The summed E-state index contributed by atoms with van der Waals surface area (Å²) in [7, 11) is 0. The molecule has 0 spiro atoms. The van der Waals surface area contributed by atoms with Crippen LogP contribution in [0, 0.1) is 5.82 Å². The van der Waals surface area contributed by atoms with Crippen molar-refractivity contribution in [1.82, 2.24) is 15.1 Å². The third-order valence-electron chi connectivity index (χ3n) is 6.70. The van der Waals surface area contributed by atoms with Crippen molar-refractivity contribution in [2.75, 3.05) is 31.1 Å². The Bertz CT molecular complexity index is 1220. The fourth-order valence-electron chi connectivity index (χ4n) is 4.89. The summed E-state index contributed by atoms with van der Waals surface area (Å²) in [6.07, 6.45) is 4.10. The van der Waals surface area contributed by atoms with E-state index in [0.29, 0.717) is 32.6 Å². The highest BCUT2D eigenvalue weighted by Gasteiger charge is 2.25. The van der Waals surface area contributed by atoms with Crippen molar-refractivity contribution < 1.29 is 9.18 Å². The van der Waals surface area contributed by atoms with Crippen LogP contribution >= 0.6 is 0 Å². The van der Waals surface area contributed by atoms with Crippen LogP contribution in [0.1, 0.15) is 45.6 Å². The maximum atomic E-state index is 14.7. The highest BCUT2D eigenvalue weighted by atomic mass is 19.1. The molecule has 2 aromatic carbocycles. The van der Waals surface area contributed by atoms with E-state index in [1.54, 1.807) is 17.0 Å². The fraction of sp³-hybridized carbons (Fsp3) is 0.346. The normalized spacial score (nSPS) is 15.9. The number of amides is 1. The van der Waals surface area contributed by atoms with Gasteiger partial charge in [0.2, 0.25) is 0 Å². The van der Waals surface area contributed by atoms with Crippen LogP contribution < -0.4 is 10.5 Å². The van der Waals surface area contributed by atoms with Crippen molar-refractivity contribution in [2.45, 2.75) is 32.1 Å². The molecule has 6 nitrogen and oxygen atoms in total. The molecule has 1 fully saturated rings. The first-order chi connectivity index (χ1) is 16.1. The number of para-hydroxylation sites is 1. The zero-order valence-corrected chi connectivity index (χ0v) is 18.5. The lowest BCUT2D eigenvalue weighted by Gasteiger charge is -2.36. The molecule has 1 saturated heterocycles. The van der Waals surface area contributed by atoms with E-state index in [2.05, 4.69) is 27.2 Å². The van der Waals surface area contributed by atoms with Crippen LogP contribution in [0.3, 0.4) is 0 Å². The number of benzene rings is 2. The molecule has 2 heterocycles. The minimum atomic E-state index is -0.509. The molecule has 33 heavy (non-hydrogen) atoms. The number of aromatic nitrogens is 2. The number of nitrogens with zero attached hydrogens (tertiary/aromatic N) is 3. The summed E-state index contributed by atoms with van der Waals surface area (Å²) in [4.78, 5) is 29.2. The van der Waals surface area contributed by atoms with Crippen LogP contribution in [0.4, 0.5) is 10.1 Å². The number of H-pyrrole nitrogens is 1. The van der Waals surface area contributed by atoms with Gasteiger partial charge in [-0.2, -0.15) is 5.10 Å². The minimum absolute atomic E-state index is 0.0963. The Morgan fingerprint density at radius 1 is 0.970 bits per heavy atom. The zero-order chi connectivity index (χ0) is 22.8. The number of fused-ring (bicyclic) bond motifs is 1. The fourth-order valence-corrected chi connectivity index (χ4v) is 4.89. The second kappa shape index (κ2) is 9.17. The molecule has 1 aliphatic heterocycles. The van der Waals surface area contributed by atoms with Crippen LogP contribution in [-0.2, 0) is 19.3 Å². The molecule has 0 saturated carbocycles. The van der Waals surface area contributed by atoms with Gasteiger partial charge in [0, 0.05) is 43.9 Å². The van der Waals surface area contributed by atoms with Gasteiger partial charge in [-0.3, -0.25) is 9.59 Å². The van der Waals surface area contributed by atoms with E-state index in [0.717, 1.165) is 53.8 Å². The number of halogens is 1. The molecule has 1 aliphatic carbocycles. The largest absolute Gasteiger partial charge is 0.368 e. The van der Waals surface area contributed by atoms with Gasteiger partial charge in [-0.1, -0.05) is 24.3 Å². The lowest BCUT2D eigenvalue weighted by atomic mass is 9.90. The van der Waals surface area contributed by atoms with Gasteiger partial charge in [-0.15, -0.1) is 0 Å². The molecule has 5 rings (SSSR count). The van der Waals surface area contributed by atoms with Gasteiger partial charge in [0.05, 0.1) is 11.3 Å². The van der Waals surface area contributed by atoms with E-state index in [1.165, 1.54) is 6.07 Å². The zero-order valence-electron chi connectivity index (χ0n) is 18.5. The maximum absolute atomic E-state index is 14.7. The smallest absolute Gasteiger partial charge is 0.267 e. The number of carbonyl (C=O) groups is 1. The summed E-state index contributed by atoms with van der Waals surface area (Å²) < 4.78 is 14.7. The number of aromatic amines is 1. The minimum Gasteiger partial charge on any atom is -0.368 e. The average Bonchev–Trinajstić information content (AvgIpc) is 2.87. The Hall–Kier alpha value is -3.48. The number of piperazine rings is 1. The van der Waals surface area contributed by atoms with Crippen molar-refractivity contribution in [3.8, 4) is 0 Å². The van der Waals surface area contributed by atoms with Crippen LogP contribution in [0.5, 0.6) is 0 Å².